The highest BCUT2D eigenvalue weighted by Gasteiger charge is 2.19. The maximum atomic E-state index is 8.58. The van der Waals surface area contributed by atoms with Gasteiger partial charge in [-0.1, -0.05) is 0 Å². The highest BCUT2D eigenvalue weighted by atomic mass is 15.2. The summed E-state index contributed by atoms with van der Waals surface area (Å²) in [6.07, 6.45) is 0. The lowest BCUT2D eigenvalue weighted by Crippen LogP contribution is -2.28. The van der Waals surface area contributed by atoms with Gasteiger partial charge in [-0.2, -0.15) is 26.0 Å². The lowest BCUT2D eigenvalue weighted by Gasteiger charge is -2.11. The smallest absolute Gasteiger partial charge is 0.162 e. The molecule has 2 N–H and O–H groups in total. The van der Waals surface area contributed by atoms with Crippen LogP contribution in [0.5, 0.6) is 0 Å². The number of hydrogen-bond donors (Lipinski definition) is 1. The third-order valence-electron chi connectivity index (χ3n) is 1.39. The molecule has 0 aromatic rings. The van der Waals surface area contributed by atoms with Crippen molar-refractivity contribution in [2.45, 2.75) is 58.2 Å². The van der Waals surface area contributed by atoms with Crippen LogP contribution < -0.4 is 5.73 Å². The second kappa shape index (κ2) is 6.69. The highest BCUT2D eigenvalue weighted by molar-refractivity contribution is 5.03. The first-order chi connectivity index (χ1) is 7.89. The normalized spacial score (nSPS) is 11.8. The van der Waals surface area contributed by atoms with Crippen LogP contribution in [0.15, 0.2) is 10.2 Å². The van der Waals surface area contributed by atoms with Crippen LogP contribution in [0.3, 0.4) is 0 Å². The standard InChI is InChI=1S/C8H12N4.C4H8N2/c1-7(2,5-9)11-12-8(3,4)6-10;1-4(2,6)3-5/h1-4H3;6H2,1-2H3. The topological polar surface area (TPSA) is 122 Å². The van der Waals surface area contributed by atoms with Crippen molar-refractivity contribution >= 4 is 0 Å². The van der Waals surface area contributed by atoms with Gasteiger partial charge in [-0.15, -0.1) is 0 Å². The molecule has 0 aliphatic carbocycles. The Kier molecular flexibility index (Phi) is 6.84. The fourth-order valence-corrected chi connectivity index (χ4v) is 0.295. The Bertz CT molecular complexity index is 378. The van der Waals surface area contributed by atoms with Crippen LogP contribution in [-0.2, 0) is 0 Å². The van der Waals surface area contributed by atoms with Gasteiger partial charge in [0.05, 0.1) is 23.7 Å². The summed E-state index contributed by atoms with van der Waals surface area (Å²) in [5.41, 5.74) is 2.84. The Morgan fingerprint density at radius 1 is 0.722 bits per heavy atom. The molecular weight excluding hydrogens is 228 g/mol. The SMILES string of the molecule is CC(C)(C#N)N=NC(C)(C)C#N.CC(C)(N)C#N. The zero-order chi connectivity index (χ0) is 15.0. The second-order valence-electron chi connectivity index (χ2n) is 5.38. The average molecular weight is 248 g/mol. The summed E-state index contributed by atoms with van der Waals surface area (Å²) in [5, 5.41) is 32.7. The molecule has 0 saturated heterocycles. The van der Waals surface area contributed by atoms with Crippen molar-refractivity contribution in [3.05, 3.63) is 0 Å². The number of nitrogens with two attached hydrogens (primary N) is 1. The quantitative estimate of drug-likeness (QED) is 0.753. The van der Waals surface area contributed by atoms with Crippen molar-refractivity contribution in [2.75, 3.05) is 0 Å². The van der Waals surface area contributed by atoms with E-state index in [-0.39, 0.29) is 0 Å². The van der Waals surface area contributed by atoms with E-state index in [0.29, 0.717) is 0 Å². The predicted molar refractivity (Wildman–Crippen MR) is 68.1 cm³/mol. The van der Waals surface area contributed by atoms with Gasteiger partial charge in [0, 0.05) is 0 Å². The lowest BCUT2D eigenvalue weighted by molar-refractivity contribution is 0.541. The van der Waals surface area contributed by atoms with E-state index < -0.39 is 16.6 Å². The van der Waals surface area contributed by atoms with Crippen molar-refractivity contribution in [1.82, 2.24) is 0 Å². The van der Waals surface area contributed by atoms with Gasteiger partial charge in [0.2, 0.25) is 0 Å². The molecule has 0 unspecified atom stereocenters. The van der Waals surface area contributed by atoms with E-state index in [1.165, 1.54) is 0 Å². The maximum absolute atomic E-state index is 8.58. The monoisotopic (exact) mass is 248 g/mol. The van der Waals surface area contributed by atoms with Crippen molar-refractivity contribution in [3.63, 3.8) is 0 Å². The van der Waals surface area contributed by atoms with Crippen LogP contribution in [-0.4, -0.2) is 16.6 Å². The Balaban J connectivity index is 0. The third kappa shape index (κ3) is 12.1. The van der Waals surface area contributed by atoms with Gasteiger partial charge in [0.15, 0.2) is 11.1 Å². The summed E-state index contributed by atoms with van der Waals surface area (Å²) in [4.78, 5) is 0. The van der Waals surface area contributed by atoms with Gasteiger partial charge in [0.25, 0.3) is 0 Å². The van der Waals surface area contributed by atoms with Crippen LogP contribution in [0.25, 0.3) is 0 Å². The highest BCUT2D eigenvalue weighted by Crippen LogP contribution is 2.13. The second-order valence-corrected chi connectivity index (χ2v) is 5.38. The molecule has 0 saturated carbocycles. The Labute approximate surface area is 109 Å². The first-order valence-corrected chi connectivity index (χ1v) is 5.36. The van der Waals surface area contributed by atoms with Gasteiger partial charge >= 0.3 is 0 Å². The van der Waals surface area contributed by atoms with Gasteiger partial charge < -0.3 is 5.73 Å². The van der Waals surface area contributed by atoms with E-state index in [1.807, 2.05) is 18.2 Å². The molecule has 18 heavy (non-hydrogen) atoms. The number of hydrogen-bond acceptors (Lipinski definition) is 6. The molecule has 6 heteroatoms. The van der Waals surface area contributed by atoms with Crippen LogP contribution in [0.1, 0.15) is 41.5 Å². The number of nitriles is 3. The van der Waals surface area contributed by atoms with E-state index in [1.54, 1.807) is 41.5 Å². The first-order valence-electron chi connectivity index (χ1n) is 5.36. The van der Waals surface area contributed by atoms with Gasteiger partial charge in [-0.05, 0) is 41.5 Å². The van der Waals surface area contributed by atoms with E-state index in [0.717, 1.165) is 0 Å². The fraction of sp³-hybridized carbons (Fsp3) is 0.750. The molecule has 0 aliphatic rings. The predicted octanol–water partition coefficient (Wildman–Crippen LogP) is 2.29. The van der Waals surface area contributed by atoms with Gasteiger partial charge in [-0.3, -0.25) is 0 Å². The minimum atomic E-state index is -0.839. The molecule has 98 valence electrons. The molecule has 0 atom stereocenters. The molecule has 0 aromatic heterocycles. The molecule has 0 bridgehead atoms. The minimum Gasteiger partial charge on any atom is -0.314 e. The third-order valence-corrected chi connectivity index (χ3v) is 1.39. The molecule has 0 aliphatic heterocycles. The molecule has 0 fully saturated rings. The van der Waals surface area contributed by atoms with Crippen molar-refractivity contribution < 1.29 is 0 Å². The van der Waals surface area contributed by atoms with Crippen molar-refractivity contribution in [2.24, 2.45) is 16.0 Å². The molecule has 0 radical (unpaired) electrons. The maximum Gasteiger partial charge on any atom is 0.162 e. The van der Waals surface area contributed by atoms with E-state index >= 15 is 0 Å². The summed E-state index contributed by atoms with van der Waals surface area (Å²) in [7, 11) is 0. The molecule has 0 spiro atoms. The molecule has 0 amide bonds. The Morgan fingerprint density at radius 2 is 0.944 bits per heavy atom. The van der Waals surface area contributed by atoms with E-state index in [4.69, 9.17) is 21.5 Å². The largest absolute Gasteiger partial charge is 0.314 e. The van der Waals surface area contributed by atoms with E-state index in [2.05, 4.69) is 10.2 Å². The first kappa shape index (κ1) is 18.4. The molecular formula is C12H20N6. The van der Waals surface area contributed by atoms with Gasteiger partial charge in [-0.25, -0.2) is 0 Å². The molecule has 0 aromatic carbocycles. The summed E-state index contributed by atoms with van der Waals surface area (Å²) in [5.74, 6) is 0. The molecule has 6 nitrogen and oxygen atoms in total. The zero-order valence-corrected chi connectivity index (χ0v) is 11.8. The number of azo groups is 1. The summed E-state index contributed by atoms with van der Waals surface area (Å²) >= 11 is 0. The summed E-state index contributed by atoms with van der Waals surface area (Å²) < 4.78 is 0. The van der Waals surface area contributed by atoms with Crippen LogP contribution in [0.2, 0.25) is 0 Å². The number of nitrogens with zero attached hydrogens (tertiary/aromatic N) is 5. The fourth-order valence-electron chi connectivity index (χ4n) is 0.295. The van der Waals surface area contributed by atoms with Crippen molar-refractivity contribution in [1.29, 1.82) is 15.8 Å². The lowest BCUT2D eigenvalue weighted by atomic mass is 10.1. The summed E-state index contributed by atoms with van der Waals surface area (Å²) in [6, 6.07) is 5.82. The summed E-state index contributed by atoms with van der Waals surface area (Å²) in [6.45, 7) is 9.89. The van der Waals surface area contributed by atoms with Crippen LogP contribution in [0, 0.1) is 34.0 Å². The van der Waals surface area contributed by atoms with Crippen molar-refractivity contribution in [3.8, 4) is 18.2 Å². The molecule has 0 heterocycles. The van der Waals surface area contributed by atoms with Crippen LogP contribution in [0.4, 0.5) is 0 Å². The number of rotatable bonds is 2. The molecule has 0 rings (SSSR count). The zero-order valence-electron chi connectivity index (χ0n) is 11.8. The van der Waals surface area contributed by atoms with E-state index in [9.17, 15) is 0 Å². The Morgan fingerprint density at radius 3 is 1.06 bits per heavy atom. The minimum absolute atomic E-state index is 0.653. The average Bonchev–Trinajstić information content (AvgIpc) is 2.27. The Hall–Kier alpha value is -1.97. The van der Waals surface area contributed by atoms with Crippen LogP contribution >= 0.6 is 0 Å². The van der Waals surface area contributed by atoms with Gasteiger partial charge in [0.1, 0.15) is 0 Å².